The van der Waals surface area contributed by atoms with Crippen molar-refractivity contribution in [2.45, 2.75) is 37.1 Å². The van der Waals surface area contributed by atoms with Crippen molar-refractivity contribution in [3.63, 3.8) is 0 Å². The van der Waals surface area contributed by atoms with E-state index in [1.165, 1.54) is 0 Å². The summed E-state index contributed by atoms with van der Waals surface area (Å²) in [6.07, 6.45) is 1.39. The summed E-state index contributed by atoms with van der Waals surface area (Å²) in [6, 6.07) is 16.0. The quantitative estimate of drug-likeness (QED) is 0.766. The Balaban J connectivity index is 1.24. The molecule has 0 aromatic heterocycles. The van der Waals surface area contributed by atoms with Crippen molar-refractivity contribution < 1.29 is 23.8 Å². The first-order valence-corrected chi connectivity index (χ1v) is 10.4. The third kappa shape index (κ3) is 3.91. The van der Waals surface area contributed by atoms with Gasteiger partial charge in [0.25, 0.3) is 5.91 Å². The highest BCUT2D eigenvalue weighted by Gasteiger charge is 2.49. The van der Waals surface area contributed by atoms with Crippen molar-refractivity contribution in [1.82, 2.24) is 10.6 Å². The number of carbonyl (C=O) groups excluding carboxylic acids is 2. The minimum atomic E-state index is -0.282. The molecule has 1 saturated carbocycles. The molecule has 2 heterocycles. The summed E-state index contributed by atoms with van der Waals surface area (Å²) in [5.41, 5.74) is 0.446. The molecule has 30 heavy (non-hydrogen) atoms. The van der Waals surface area contributed by atoms with E-state index in [-0.39, 0.29) is 42.0 Å². The van der Waals surface area contributed by atoms with E-state index in [4.69, 9.17) is 14.2 Å². The number of hydrogen-bond acceptors (Lipinski definition) is 5. The van der Waals surface area contributed by atoms with Crippen LogP contribution in [0.4, 0.5) is 0 Å². The zero-order valence-electron chi connectivity index (χ0n) is 16.5. The van der Waals surface area contributed by atoms with Gasteiger partial charge in [-0.3, -0.25) is 9.59 Å². The molecular weight excluding hydrogens is 384 g/mol. The molecule has 1 aliphatic carbocycles. The number of para-hydroxylation sites is 2. The van der Waals surface area contributed by atoms with Crippen LogP contribution in [-0.2, 0) is 14.3 Å². The number of nitrogens with one attached hydrogen (secondary N) is 2. The van der Waals surface area contributed by atoms with Crippen LogP contribution in [0.2, 0.25) is 0 Å². The Morgan fingerprint density at radius 2 is 1.47 bits per heavy atom. The van der Waals surface area contributed by atoms with Crippen LogP contribution in [0.25, 0.3) is 0 Å². The van der Waals surface area contributed by atoms with Gasteiger partial charge in [0.05, 0.1) is 30.9 Å². The first-order valence-electron chi connectivity index (χ1n) is 10.4. The van der Waals surface area contributed by atoms with Gasteiger partial charge in [0.1, 0.15) is 23.7 Å². The second-order valence-corrected chi connectivity index (χ2v) is 7.98. The Hall–Kier alpha value is -2.90. The average molecular weight is 408 g/mol. The van der Waals surface area contributed by atoms with Crippen molar-refractivity contribution in [2.75, 3.05) is 13.2 Å². The molecule has 2 aliphatic heterocycles. The van der Waals surface area contributed by atoms with Crippen molar-refractivity contribution in [3.05, 3.63) is 60.2 Å². The fraction of sp³-hybridized carbons (Fsp3) is 0.391. The molecule has 3 aliphatic rings. The highest BCUT2D eigenvalue weighted by Crippen LogP contribution is 2.32. The van der Waals surface area contributed by atoms with Crippen molar-refractivity contribution >= 4 is 11.8 Å². The molecule has 7 heteroatoms. The number of ether oxygens (including phenoxy) is 3. The third-order valence-electron chi connectivity index (χ3n) is 5.75. The zero-order chi connectivity index (χ0) is 20.5. The average Bonchev–Trinajstić information content (AvgIpc) is 3.44. The molecule has 2 aromatic rings. The summed E-state index contributed by atoms with van der Waals surface area (Å²) in [6.45, 7) is 0.743. The lowest BCUT2D eigenvalue weighted by Crippen LogP contribution is -2.47. The van der Waals surface area contributed by atoms with Gasteiger partial charge < -0.3 is 24.8 Å². The van der Waals surface area contributed by atoms with Gasteiger partial charge in [-0.05, 0) is 37.1 Å². The molecule has 0 bridgehead atoms. The van der Waals surface area contributed by atoms with Crippen molar-refractivity contribution in [3.8, 4) is 11.5 Å². The van der Waals surface area contributed by atoms with Crippen molar-refractivity contribution in [2.24, 2.45) is 5.92 Å². The predicted octanol–water partition coefficient (Wildman–Crippen LogP) is 2.27. The number of carbonyl (C=O) groups is 2. The maximum Gasteiger partial charge on any atom is 0.255 e. The van der Waals surface area contributed by atoms with Gasteiger partial charge in [-0.25, -0.2) is 0 Å². The molecule has 5 rings (SSSR count). The maximum atomic E-state index is 13.0. The van der Waals surface area contributed by atoms with E-state index in [1.807, 2.05) is 36.4 Å². The zero-order valence-corrected chi connectivity index (χ0v) is 16.5. The molecule has 0 radical (unpaired) electrons. The Kier molecular flexibility index (Phi) is 5.14. The van der Waals surface area contributed by atoms with E-state index < -0.39 is 0 Å². The number of amides is 2. The van der Waals surface area contributed by atoms with Crippen LogP contribution >= 0.6 is 0 Å². The summed E-state index contributed by atoms with van der Waals surface area (Å²) in [5.74, 6) is 1.12. The number of fused-ring (bicyclic) bond motifs is 1. The smallest absolute Gasteiger partial charge is 0.255 e. The molecule has 4 atom stereocenters. The largest absolute Gasteiger partial charge is 0.457 e. The Morgan fingerprint density at radius 1 is 0.833 bits per heavy atom. The summed E-state index contributed by atoms with van der Waals surface area (Å²) in [4.78, 5) is 25.1. The van der Waals surface area contributed by atoms with E-state index in [9.17, 15) is 9.59 Å². The molecule has 2 aromatic carbocycles. The second kappa shape index (κ2) is 8.08. The Labute approximate surface area is 174 Å². The van der Waals surface area contributed by atoms with Crippen LogP contribution in [0.5, 0.6) is 11.5 Å². The van der Waals surface area contributed by atoms with E-state index in [0.29, 0.717) is 30.3 Å². The fourth-order valence-corrected chi connectivity index (χ4v) is 4.00. The predicted molar refractivity (Wildman–Crippen MR) is 108 cm³/mol. The minimum Gasteiger partial charge on any atom is -0.457 e. The Morgan fingerprint density at radius 3 is 2.17 bits per heavy atom. The van der Waals surface area contributed by atoms with Gasteiger partial charge >= 0.3 is 0 Å². The third-order valence-corrected chi connectivity index (χ3v) is 5.75. The summed E-state index contributed by atoms with van der Waals surface area (Å²) in [5, 5.41) is 6.05. The lowest BCUT2D eigenvalue weighted by atomic mass is 10.1. The first kappa shape index (κ1) is 19.1. The topological polar surface area (TPSA) is 85.9 Å². The summed E-state index contributed by atoms with van der Waals surface area (Å²) in [7, 11) is 0. The second-order valence-electron chi connectivity index (χ2n) is 7.98. The van der Waals surface area contributed by atoms with Gasteiger partial charge in [-0.1, -0.05) is 30.3 Å². The van der Waals surface area contributed by atoms with Gasteiger partial charge in [0, 0.05) is 5.92 Å². The standard InChI is InChI=1S/C23H24N2O5/c26-22(14-10-11-14)24-17-12-28-21-18(13-29-20(17)21)25-23(27)16-8-4-5-9-19(16)30-15-6-2-1-3-7-15/h1-9,14,17-18,20-21H,10-13H2,(H,24,26)(H,25,27). The molecule has 2 N–H and O–H groups in total. The van der Waals surface area contributed by atoms with Gasteiger partial charge in [0.2, 0.25) is 5.91 Å². The van der Waals surface area contributed by atoms with E-state index in [1.54, 1.807) is 18.2 Å². The lowest BCUT2D eigenvalue weighted by molar-refractivity contribution is -0.123. The van der Waals surface area contributed by atoms with Crippen LogP contribution in [0.15, 0.2) is 54.6 Å². The summed E-state index contributed by atoms with van der Waals surface area (Å²) < 4.78 is 17.7. The van der Waals surface area contributed by atoms with Crippen LogP contribution in [0, 0.1) is 5.92 Å². The molecule has 7 nitrogen and oxygen atoms in total. The summed E-state index contributed by atoms with van der Waals surface area (Å²) >= 11 is 0. The molecule has 2 amide bonds. The first-order chi connectivity index (χ1) is 14.7. The number of hydrogen-bond donors (Lipinski definition) is 2. The lowest BCUT2D eigenvalue weighted by Gasteiger charge is -2.19. The molecular formula is C23H24N2O5. The Bertz CT molecular complexity index is 930. The monoisotopic (exact) mass is 408 g/mol. The van der Waals surface area contributed by atoms with Crippen LogP contribution in [0.1, 0.15) is 23.2 Å². The van der Waals surface area contributed by atoms with E-state index >= 15 is 0 Å². The van der Waals surface area contributed by atoms with Crippen LogP contribution in [0.3, 0.4) is 0 Å². The van der Waals surface area contributed by atoms with Gasteiger partial charge in [-0.2, -0.15) is 0 Å². The van der Waals surface area contributed by atoms with Crippen LogP contribution < -0.4 is 15.4 Å². The van der Waals surface area contributed by atoms with E-state index in [0.717, 1.165) is 12.8 Å². The maximum absolute atomic E-state index is 13.0. The van der Waals surface area contributed by atoms with Gasteiger partial charge in [-0.15, -0.1) is 0 Å². The van der Waals surface area contributed by atoms with E-state index in [2.05, 4.69) is 10.6 Å². The molecule has 2 saturated heterocycles. The van der Waals surface area contributed by atoms with Crippen molar-refractivity contribution in [1.29, 1.82) is 0 Å². The number of rotatable bonds is 6. The SMILES string of the molecule is O=C(NC1COC2C(NC(=O)C3CC3)COC12)c1ccccc1Oc1ccccc1. The number of benzene rings is 2. The molecule has 4 unspecified atom stereocenters. The molecule has 3 fully saturated rings. The van der Waals surface area contributed by atoms with Gasteiger partial charge in [0.15, 0.2) is 0 Å². The molecule has 0 spiro atoms. The fourth-order valence-electron chi connectivity index (χ4n) is 4.00. The molecule has 156 valence electrons. The minimum absolute atomic E-state index is 0.0762. The van der Waals surface area contributed by atoms with Crippen LogP contribution in [-0.4, -0.2) is 49.3 Å². The highest BCUT2D eigenvalue weighted by molar-refractivity contribution is 5.97. The highest BCUT2D eigenvalue weighted by atomic mass is 16.6. The normalized spacial score (nSPS) is 27.3.